The number of benzene rings is 1. The molecular formula is C21H27N3O3S2. The Kier molecular flexibility index (Phi) is 5.94. The zero-order chi connectivity index (χ0) is 20.4. The molecule has 8 heteroatoms. The molecule has 0 spiro atoms. The molecule has 2 aliphatic rings. The average molecular weight is 434 g/mol. The number of anilines is 1. The van der Waals surface area contributed by atoms with E-state index >= 15 is 0 Å². The summed E-state index contributed by atoms with van der Waals surface area (Å²) < 4.78 is 25.5. The molecule has 1 amide bonds. The Morgan fingerprint density at radius 2 is 1.97 bits per heavy atom. The van der Waals surface area contributed by atoms with Gasteiger partial charge >= 0.3 is 0 Å². The summed E-state index contributed by atoms with van der Waals surface area (Å²) in [5.74, 6) is -0.106. The Balaban J connectivity index is 1.48. The highest BCUT2D eigenvalue weighted by Gasteiger charge is 2.26. The van der Waals surface area contributed by atoms with Crippen molar-refractivity contribution in [3.05, 3.63) is 51.7 Å². The monoisotopic (exact) mass is 433 g/mol. The zero-order valence-corrected chi connectivity index (χ0v) is 18.3. The molecule has 0 aliphatic carbocycles. The number of aryl methyl sites for hydroxylation is 1. The van der Waals surface area contributed by atoms with Crippen LogP contribution in [0, 0.1) is 0 Å². The van der Waals surface area contributed by atoms with Crippen LogP contribution in [-0.4, -0.2) is 51.7 Å². The van der Waals surface area contributed by atoms with Crippen LogP contribution >= 0.6 is 11.3 Å². The minimum absolute atomic E-state index is 0.106. The highest BCUT2D eigenvalue weighted by atomic mass is 32.2. The van der Waals surface area contributed by atoms with Gasteiger partial charge in [-0.3, -0.25) is 14.0 Å². The van der Waals surface area contributed by atoms with Crippen LogP contribution in [0.5, 0.6) is 0 Å². The van der Waals surface area contributed by atoms with Crippen LogP contribution in [0.2, 0.25) is 0 Å². The van der Waals surface area contributed by atoms with Crippen molar-refractivity contribution >= 4 is 33.0 Å². The number of carbonyl (C=O) groups is 1. The van der Waals surface area contributed by atoms with Crippen molar-refractivity contribution in [2.45, 2.75) is 31.7 Å². The molecule has 0 bridgehead atoms. The molecule has 29 heavy (non-hydrogen) atoms. The van der Waals surface area contributed by atoms with E-state index < -0.39 is 10.0 Å². The summed E-state index contributed by atoms with van der Waals surface area (Å²) in [6.45, 7) is 3.21. The molecule has 1 aromatic heterocycles. The number of nitrogens with one attached hydrogen (secondary N) is 1. The van der Waals surface area contributed by atoms with Crippen molar-refractivity contribution in [1.82, 2.24) is 10.2 Å². The third kappa shape index (κ3) is 4.49. The Morgan fingerprint density at radius 1 is 1.17 bits per heavy atom. The number of nitrogens with zero attached hydrogens (tertiary/aromatic N) is 2. The van der Waals surface area contributed by atoms with Gasteiger partial charge in [-0.25, -0.2) is 8.42 Å². The fraction of sp³-hybridized carbons (Fsp3) is 0.476. The largest absolute Gasteiger partial charge is 0.350 e. The Bertz CT molecular complexity index is 967. The lowest BCUT2D eigenvalue weighted by atomic mass is 10.0. The number of likely N-dealkylation sites (tertiary alicyclic amines) is 1. The number of rotatable bonds is 6. The topological polar surface area (TPSA) is 69.7 Å². The van der Waals surface area contributed by atoms with Gasteiger partial charge in [0.2, 0.25) is 10.0 Å². The van der Waals surface area contributed by atoms with E-state index in [1.807, 2.05) is 6.07 Å². The summed E-state index contributed by atoms with van der Waals surface area (Å²) in [7, 11) is -3.30. The highest BCUT2D eigenvalue weighted by molar-refractivity contribution is 7.92. The summed E-state index contributed by atoms with van der Waals surface area (Å²) in [4.78, 5) is 16.6. The molecule has 1 saturated heterocycles. The number of sulfonamides is 1. The second-order valence-electron chi connectivity index (χ2n) is 7.77. The molecular weight excluding hydrogens is 406 g/mol. The molecule has 156 valence electrons. The lowest BCUT2D eigenvalue weighted by Crippen LogP contribution is -2.37. The molecule has 0 unspecified atom stereocenters. The smallest absolute Gasteiger partial charge is 0.251 e. The van der Waals surface area contributed by atoms with Gasteiger partial charge in [-0.05, 0) is 74.0 Å². The van der Waals surface area contributed by atoms with Crippen molar-refractivity contribution in [2.24, 2.45) is 0 Å². The maximum Gasteiger partial charge on any atom is 0.251 e. The van der Waals surface area contributed by atoms with Gasteiger partial charge in [0.15, 0.2) is 0 Å². The van der Waals surface area contributed by atoms with Gasteiger partial charge in [0.05, 0.1) is 18.0 Å². The Hall–Kier alpha value is -1.90. The van der Waals surface area contributed by atoms with Crippen molar-refractivity contribution in [2.75, 3.05) is 36.7 Å². The minimum atomic E-state index is -3.30. The molecule has 0 radical (unpaired) electrons. The molecule has 1 aromatic carbocycles. The number of hydrogen-bond acceptors (Lipinski definition) is 5. The standard InChI is InChI=1S/C21H27N3O3S2/c1-29(26,27)24-12-4-6-16-14-17(8-9-18(16)24)21(25)22-15-19(20-7-5-13-28-20)23-10-2-3-11-23/h5,7-9,13-14,19H,2-4,6,10-12,15H2,1H3,(H,22,25)/t19-/m0/s1. The van der Waals surface area contributed by atoms with Crippen molar-refractivity contribution in [3.8, 4) is 0 Å². The lowest BCUT2D eigenvalue weighted by Gasteiger charge is -2.29. The number of thiophene rings is 1. The summed E-state index contributed by atoms with van der Waals surface area (Å²) in [5, 5.41) is 5.19. The Labute approximate surface area is 176 Å². The SMILES string of the molecule is CS(=O)(=O)N1CCCc2cc(C(=O)NC[C@@H](c3cccs3)N3CCCC3)ccc21. The van der Waals surface area contributed by atoms with E-state index in [9.17, 15) is 13.2 Å². The second-order valence-corrected chi connectivity index (χ2v) is 10.7. The van der Waals surface area contributed by atoms with E-state index in [0.29, 0.717) is 24.3 Å². The lowest BCUT2D eigenvalue weighted by molar-refractivity contribution is 0.0938. The first kappa shape index (κ1) is 20.4. The van der Waals surface area contributed by atoms with Crippen molar-refractivity contribution in [3.63, 3.8) is 0 Å². The number of carbonyl (C=O) groups excluding carboxylic acids is 1. The van der Waals surface area contributed by atoms with Gasteiger partial charge in [-0.1, -0.05) is 6.07 Å². The first-order valence-corrected chi connectivity index (χ1v) is 12.8. The van der Waals surface area contributed by atoms with Crippen molar-refractivity contribution in [1.29, 1.82) is 0 Å². The van der Waals surface area contributed by atoms with E-state index in [4.69, 9.17) is 0 Å². The average Bonchev–Trinajstić information content (AvgIpc) is 3.41. The van der Waals surface area contributed by atoms with E-state index in [-0.39, 0.29) is 11.9 Å². The minimum Gasteiger partial charge on any atom is -0.350 e. The summed E-state index contributed by atoms with van der Waals surface area (Å²) in [6, 6.07) is 9.74. The molecule has 2 aromatic rings. The molecule has 1 fully saturated rings. The molecule has 1 N–H and O–H groups in total. The fourth-order valence-corrected chi connectivity index (χ4v) is 6.14. The summed E-state index contributed by atoms with van der Waals surface area (Å²) >= 11 is 1.73. The predicted molar refractivity (Wildman–Crippen MR) is 117 cm³/mol. The van der Waals surface area contributed by atoms with Crippen LogP contribution < -0.4 is 9.62 Å². The maximum absolute atomic E-state index is 12.8. The number of fused-ring (bicyclic) bond motifs is 1. The molecule has 0 saturated carbocycles. The highest BCUT2D eigenvalue weighted by Crippen LogP contribution is 2.30. The van der Waals surface area contributed by atoms with Crippen molar-refractivity contribution < 1.29 is 13.2 Å². The van der Waals surface area contributed by atoms with E-state index in [0.717, 1.165) is 31.5 Å². The van der Waals surface area contributed by atoms with Crippen LogP contribution in [-0.2, 0) is 16.4 Å². The quantitative estimate of drug-likeness (QED) is 0.760. The third-order valence-electron chi connectivity index (χ3n) is 5.73. The van der Waals surface area contributed by atoms with Gasteiger partial charge in [-0.2, -0.15) is 0 Å². The van der Waals surface area contributed by atoms with Gasteiger partial charge in [-0.15, -0.1) is 11.3 Å². The normalized spacial score (nSPS) is 18.4. The number of hydrogen-bond donors (Lipinski definition) is 1. The van der Waals surface area contributed by atoms with E-state index in [1.54, 1.807) is 23.5 Å². The van der Waals surface area contributed by atoms with Gasteiger partial charge in [0.25, 0.3) is 5.91 Å². The Morgan fingerprint density at radius 3 is 2.66 bits per heavy atom. The molecule has 1 atom stereocenters. The maximum atomic E-state index is 12.8. The summed E-state index contributed by atoms with van der Waals surface area (Å²) in [5.41, 5.74) is 2.21. The second kappa shape index (κ2) is 8.45. The van der Waals surface area contributed by atoms with Crippen LogP contribution in [0.15, 0.2) is 35.7 Å². The predicted octanol–water partition coefficient (Wildman–Crippen LogP) is 3.03. The van der Waals surface area contributed by atoms with E-state index in [1.165, 1.54) is 28.3 Å². The fourth-order valence-electron chi connectivity index (χ4n) is 4.28. The van der Waals surface area contributed by atoms with Gasteiger partial charge < -0.3 is 5.32 Å². The first-order valence-electron chi connectivity index (χ1n) is 10.1. The molecule has 2 aliphatic heterocycles. The molecule has 6 nitrogen and oxygen atoms in total. The first-order chi connectivity index (χ1) is 13.9. The van der Waals surface area contributed by atoms with E-state index in [2.05, 4.69) is 27.7 Å². The van der Waals surface area contributed by atoms with Crippen LogP contribution in [0.3, 0.4) is 0 Å². The van der Waals surface area contributed by atoms with Crippen LogP contribution in [0.1, 0.15) is 46.1 Å². The zero-order valence-electron chi connectivity index (χ0n) is 16.6. The number of amides is 1. The third-order valence-corrected chi connectivity index (χ3v) is 7.88. The van der Waals surface area contributed by atoms with Gasteiger partial charge in [0, 0.05) is 23.5 Å². The molecule has 4 rings (SSSR count). The van der Waals surface area contributed by atoms with Crippen LogP contribution in [0.4, 0.5) is 5.69 Å². The summed E-state index contributed by atoms with van der Waals surface area (Å²) in [6.07, 6.45) is 5.19. The molecule has 3 heterocycles. The van der Waals surface area contributed by atoms with Gasteiger partial charge in [0.1, 0.15) is 0 Å². The van der Waals surface area contributed by atoms with Crippen LogP contribution in [0.25, 0.3) is 0 Å².